The van der Waals surface area contributed by atoms with E-state index in [-0.39, 0.29) is 0 Å². The average Bonchev–Trinajstić information content (AvgIpc) is 1.68. The average molecular weight is 97.2 g/mol. The van der Waals surface area contributed by atoms with Gasteiger partial charge in [-0.25, -0.2) is 0 Å². The monoisotopic (exact) mass is 97.1 g/mol. The first kappa shape index (κ1) is 6.74. The molecule has 0 saturated heterocycles. The number of hydrogen-bond acceptors (Lipinski definition) is 0. The molecule has 1 radical (unpaired) electrons. The summed E-state index contributed by atoms with van der Waals surface area (Å²) in [6, 6.07) is 0. The smallest absolute Gasteiger partial charge is 0.0283 e. The van der Waals surface area contributed by atoms with Gasteiger partial charge >= 0.3 is 0 Å². The molecule has 0 aromatic carbocycles. The van der Waals surface area contributed by atoms with Gasteiger partial charge in [-0.2, -0.15) is 0 Å². The molecule has 0 aliphatic heterocycles. The van der Waals surface area contributed by atoms with E-state index < -0.39 is 0 Å². The molecule has 0 aromatic heterocycles. The topological polar surface area (TPSA) is 0 Å². The standard InChI is InChI=1S/C7H13/c1-4-6-7(3)5-2/h5H,3-4,6H2,1-2H3. The van der Waals surface area contributed by atoms with Gasteiger partial charge in [-0.15, -0.1) is 0 Å². The molecular formula is C7H13. The number of hydrogen-bond donors (Lipinski definition) is 0. The maximum Gasteiger partial charge on any atom is -0.0283 e. The first-order valence-electron chi connectivity index (χ1n) is 2.78. The van der Waals surface area contributed by atoms with E-state index in [4.69, 9.17) is 0 Å². The molecule has 7 heavy (non-hydrogen) atoms. The summed E-state index contributed by atoms with van der Waals surface area (Å²) in [7, 11) is 0. The van der Waals surface area contributed by atoms with Gasteiger partial charge in [0.2, 0.25) is 0 Å². The van der Waals surface area contributed by atoms with Crippen molar-refractivity contribution in [1.29, 1.82) is 0 Å². The zero-order valence-corrected chi connectivity index (χ0v) is 5.20. The normalized spacial score (nSPS) is 12.1. The van der Waals surface area contributed by atoms with Crippen molar-refractivity contribution in [3.05, 3.63) is 18.6 Å². The van der Waals surface area contributed by atoms with Crippen LogP contribution in [0.3, 0.4) is 0 Å². The summed E-state index contributed by atoms with van der Waals surface area (Å²) in [5, 5.41) is 0. The molecule has 0 rings (SSSR count). The summed E-state index contributed by atoms with van der Waals surface area (Å²) in [4.78, 5) is 0. The second kappa shape index (κ2) is 3.91. The minimum Gasteiger partial charge on any atom is -0.0884 e. The van der Waals surface area contributed by atoms with Gasteiger partial charge in [0.25, 0.3) is 0 Å². The van der Waals surface area contributed by atoms with E-state index in [2.05, 4.69) is 19.9 Å². The van der Waals surface area contributed by atoms with Crippen molar-refractivity contribution < 1.29 is 0 Å². The van der Waals surface area contributed by atoms with Gasteiger partial charge in [0, 0.05) is 0 Å². The van der Waals surface area contributed by atoms with Gasteiger partial charge in [0.05, 0.1) is 0 Å². The molecule has 0 aromatic rings. The van der Waals surface area contributed by atoms with Gasteiger partial charge in [-0.05, 0) is 20.3 Å². The molecule has 0 heteroatoms. The lowest BCUT2D eigenvalue weighted by Crippen LogP contribution is -1.70. The van der Waals surface area contributed by atoms with E-state index in [0.29, 0.717) is 0 Å². The van der Waals surface area contributed by atoms with Crippen LogP contribution >= 0.6 is 0 Å². The SMILES string of the molecule is [CH2]C(=CC)CCC. The molecule has 0 bridgehead atoms. The minimum atomic E-state index is 1.15. The lowest BCUT2D eigenvalue weighted by molar-refractivity contribution is 0.923. The summed E-state index contributed by atoms with van der Waals surface area (Å²) >= 11 is 0. The van der Waals surface area contributed by atoms with Crippen molar-refractivity contribution >= 4 is 0 Å². The van der Waals surface area contributed by atoms with E-state index in [9.17, 15) is 0 Å². The van der Waals surface area contributed by atoms with Crippen LogP contribution in [0.5, 0.6) is 0 Å². The van der Waals surface area contributed by atoms with Crippen LogP contribution in [0.15, 0.2) is 11.6 Å². The third-order valence-corrected chi connectivity index (χ3v) is 0.979. The van der Waals surface area contributed by atoms with Gasteiger partial charge in [-0.3, -0.25) is 0 Å². The Hall–Kier alpha value is -0.260. The predicted molar refractivity (Wildman–Crippen MR) is 34.0 cm³/mol. The summed E-state index contributed by atoms with van der Waals surface area (Å²) in [6.07, 6.45) is 4.42. The third kappa shape index (κ3) is 3.57. The van der Waals surface area contributed by atoms with Crippen LogP contribution in [0.1, 0.15) is 26.7 Å². The van der Waals surface area contributed by atoms with Crippen LogP contribution in [0.25, 0.3) is 0 Å². The van der Waals surface area contributed by atoms with E-state index in [1.54, 1.807) is 0 Å². The summed E-state index contributed by atoms with van der Waals surface area (Å²) in [5.41, 5.74) is 1.25. The highest BCUT2D eigenvalue weighted by molar-refractivity contribution is 5.02. The van der Waals surface area contributed by atoms with Crippen LogP contribution in [0.2, 0.25) is 0 Å². The van der Waals surface area contributed by atoms with Crippen LogP contribution in [-0.4, -0.2) is 0 Å². The van der Waals surface area contributed by atoms with Crippen molar-refractivity contribution in [2.75, 3.05) is 0 Å². The lowest BCUT2D eigenvalue weighted by Gasteiger charge is -1.90. The molecular weight excluding hydrogens is 84.1 g/mol. The molecule has 0 fully saturated rings. The molecule has 0 amide bonds. The summed E-state index contributed by atoms with van der Waals surface area (Å²) < 4.78 is 0. The molecule has 0 heterocycles. The molecule has 0 unspecified atom stereocenters. The fraction of sp³-hybridized carbons (Fsp3) is 0.571. The molecule has 0 N–H and O–H groups in total. The zero-order chi connectivity index (χ0) is 5.70. The van der Waals surface area contributed by atoms with Crippen LogP contribution in [0, 0.1) is 6.92 Å². The molecule has 0 spiro atoms. The minimum absolute atomic E-state index is 1.15. The molecule has 0 saturated carbocycles. The first-order valence-corrected chi connectivity index (χ1v) is 2.78. The Morgan fingerprint density at radius 3 is 2.43 bits per heavy atom. The number of rotatable bonds is 2. The Bertz CT molecular complexity index is 60.4. The second-order valence-corrected chi connectivity index (χ2v) is 1.70. The Kier molecular flexibility index (Phi) is 3.77. The summed E-state index contributed by atoms with van der Waals surface area (Å²) in [5.74, 6) is 0. The van der Waals surface area contributed by atoms with Crippen molar-refractivity contribution in [1.82, 2.24) is 0 Å². The fourth-order valence-electron chi connectivity index (χ4n) is 0.465. The van der Waals surface area contributed by atoms with Crippen LogP contribution in [-0.2, 0) is 0 Å². The molecule has 0 nitrogen and oxygen atoms in total. The van der Waals surface area contributed by atoms with E-state index in [1.807, 2.05) is 6.92 Å². The molecule has 0 aliphatic rings. The molecule has 0 atom stereocenters. The molecule has 41 valence electrons. The number of allylic oxidation sites excluding steroid dienone is 2. The first-order chi connectivity index (χ1) is 3.31. The Balaban J connectivity index is 3.17. The van der Waals surface area contributed by atoms with Crippen molar-refractivity contribution in [2.45, 2.75) is 26.7 Å². The maximum atomic E-state index is 3.81. The largest absolute Gasteiger partial charge is 0.0884 e. The Labute approximate surface area is 46.2 Å². The van der Waals surface area contributed by atoms with Gasteiger partial charge in [0.1, 0.15) is 0 Å². The van der Waals surface area contributed by atoms with Gasteiger partial charge < -0.3 is 0 Å². The van der Waals surface area contributed by atoms with E-state index in [1.165, 1.54) is 12.0 Å². The molecule has 0 aliphatic carbocycles. The third-order valence-electron chi connectivity index (χ3n) is 0.979. The quantitative estimate of drug-likeness (QED) is 0.496. The highest BCUT2D eigenvalue weighted by Crippen LogP contribution is 1.99. The second-order valence-electron chi connectivity index (χ2n) is 1.70. The predicted octanol–water partition coefficient (Wildman–Crippen LogP) is 2.57. The Morgan fingerprint density at radius 2 is 2.29 bits per heavy atom. The van der Waals surface area contributed by atoms with Gasteiger partial charge in [-0.1, -0.05) is 25.0 Å². The van der Waals surface area contributed by atoms with Crippen molar-refractivity contribution in [3.8, 4) is 0 Å². The summed E-state index contributed by atoms with van der Waals surface area (Å²) in [6.45, 7) is 7.99. The highest BCUT2D eigenvalue weighted by Gasteiger charge is 1.80. The zero-order valence-electron chi connectivity index (χ0n) is 5.20. The Morgan fingerprint density at radius 1 is 1.71 bits per heavy atom. The highest BCUT2D eigenvalue weighted by atomic mass is 13.9. The van der Waals surface area contributed by atoms with Crippen molar-refractivity contribution in [2.24, 2.45) is 0 Å². The van der Waals surface area contributed by atoms with E-state index in [0.717, 1.165) is 6.42 Å². The lowest BCUT2D eigenvalue weighted by atomic mass is 10.2. The van der Waals surface area contributed by atoms with Crippen molar-refractivity contribution in [3.63, 3.8) is 0 Å². The van der Waals surface area contributed by atoms with E-state index >= 15 is 0 Å². The van der Waals surface area contributed by atoms with Crippen LogP contribution < -0.4 is 0 Å². The van der Waals surface area contributed by atoms with Gasteiger partial charge in [0.15, 0.2) is 0 Å². The maximum absolute atomic E-state index is 3.81. The van der Waals surface area contributed by atoms with Crippen LogP contribution in [0.4, 0.5) is 0 Å². The fourth-order valence-corrected chi connectivity index (χ4v) is 0.465.